The second-order valence-corrected chi connectivity index (χ2v) is 6.75. The molecule has 0 bridgehead atoms. The third kappa shape index (κ3) is 2.23. The number of benzene rings is 1. The van der Waals surface area contributed by atoms with E-state index in [1.807, 2.05) is 12.1 Å². The van der Waals surface area contributed by atoms with Gasteiger partial charge < -0.3 is 4.74 Å². The van der Waals surface area contributed by atoms with Crippen LogP contribution in [0.4, 0.5) is 0 Å². The van der Waals surface area contributed by atoms with Crippen molar-refractivity contribution in [3.63, 3.8) is 0 Å². The van der Waals surface area contributed by atoms with Crippen LogP contribution in [-0.2, 0) is 6.42 Å². The van der Waals surface area contributed by atoms with Gasteiger partial charge in [-0.2, -0.15) is 10.2 Å². The Balaban J connectivity index is 1.70. The molecular formula is C17H24N2O. The van der Waals surface area contributed by atoms with Crippen LogP contribution in [0.2, 0.25) is 0 Å². The number of hydrogen-bond acceptors (Lipinski definition) is 3. The topological polar surface area (TPSA) is 34.0 Å². The van der Waals surface area contributed by atoms with Crippen LogP contribution in [0.3, 0.4) is 0 Å². The van der Waals surface area contributed by atoms with Crippen LogP contribution in [0.25, 0.3) is 0 Å². The van der Waals surface area contributed by atoms with E-state index in [1.54, 1.807) is 7.11 Å². The number of ether oxygens (including phenoxy) is 1. The van der Waals surface area contributed by atoms with Gasteiger partial charge in [-0.25, -0.2) is 0 Å². The van der Waals surface area contributed by atoms with Crippen LogP contribution in [-0.4, -0.2) is 18.2 Å². The van der Waals surface area contributed by atoms with Crippen molar-refractivity contribution in [2.24, 2.45) is 16.1 Å². The predicted molar refractivity (Wildman–Crippen MR) is 80.3 cm³/mol. The fourth-order valence-electron chi connectivity index (χ4n) is 3.99. The summed E-state index contributed by atoms with van der Waals surface area (Å²) in [7, 11) is 1.71. The highest BCUT2D eigenvalue weighted by molar-refractivity contribution is 5.27. The van der Waals surface area contributed by atoms with Gasteiger partial charge in [0.25, 0.3) is 0 Å². The van der Waals surface area contributed by atoms with Crippen molar-refractivity contribution in [3.05, 3.63) is 29.8 Å². The molecule has 20 heavy (non-hydrogen) atoms. The molecule has 1 fully saturated rings. The van der Waals surface area contributed by atoms with Crippen molar-refractivity contribution in [3.8, 4) is 5.75 Å². The maximum Gasteiger partial charge on any atom is 0.118 e. The number of methoxy groups -OCH3 is 1. The first-order valence-corrected chi connectivity index (χ1v) is 7.63. The van der Waals surface area contributed by atoms with Crippen molar-refractivity contribution in [2.75, 3.05) is 7.11 Å². The zero-order chi connectivity index (χ0) is 14.2. The van der Waals surface area contributed by atoms with Crippen LogP contribution in [0.5, 0.6) is 5.75 Å². The molecule has 1 heterocycles. The average molecular weight is 272 g/mol. The quantitative estimate of drug-likeness (QED) is 0.799. The monoisotopic (exact) mass is 272 g/mol. The lowest BCUT2D eigenvalue weighted by molar-refractivity contribution is 0.260. The van der Waals surface area contributed by atoms with Gasteiger partial charge in [-0.05, 0) is 57.2 Å². The summed E-state index contributed by atoms with van der Waals surface area (Å²) < 4.78 is 5.21. The summed E-state index contributed by atoms with van der Waals surface area (Å²) in [6.45, 7) is 4.48. The van der Waals surface area contributed by atoms with Gasteiger partial charge in [0.15, 0.2) is 0 Å². The van der Waals surface area contributed by atoms with E-state index in [4.69, 9.17) is 9.85 Å². The van der Waals surface area contributed by atoms with Crippen molar-refractivity contribution < 1.29 is 4.74 Å². The highest BCUT2D eigenvalue weighted by atomic mass is 16.5. The van der Waals surface area contributed by atoms with Crippen LogP contribution in [0.15, 0.2) is 34.5 Å². The molecule has 2 atom stereocenters. The molecule has 3 heteroatoms. The van der Waals surface area contributed by atoms with Gasteiger partial charge in [0.05, 0.1) is 18.2 Å². The van der Waals surface area contributed by atoms with E-state index in [9.17, 15) is 0 Å². The molecule has 2 aliphatic rings. The Morgan fingerprint density at radius 1 is 1.20 bits per heavy atom. The second-order valence-electron chi connectivity index (χ2n) is 6.75. The first kappa shape index (κ1) is 13.6. The fourth-order valence-corrected chi connectivity index (χ4v) is 3.99. The van der Waals surface area contributed by atoms with Crippen LogP contribution < -0.4 is 4.74 Å². The van der Waals surface area contributed by atoms with E-state index in [0.717, 1.165) is 18.6 Å². The Bertz CT molecular complexity index is 506. The molecule has 0 saturated heterocycles. The SMILES string of the molecule is COc1ccc(CC[C@@]23CCC[C@@H]2C(C)(C)N=N3)cc1. The van der Waals surface area contributed by atoms with Crippen molar-refractivity contribution in [1.29, 1.82) is 0 Å². The maximum absolute atomic E-state index is 5.21. The summed E-state index contributed by atoms with van der Waals surface area (Å²) in [5.41, 5.74) is 1.52. The van der Waals surface area contributed by atoms with Crippen LogP contribution in [0, 0.1) is 5.92 Å². The number of rotatable bonds is 4. The maximum atomic E-state index is 5.21. The number of hydrogen-bond donors (Lipinski definition) is 0. The molecule has 1 aliphatic heterocycles. The molecule has 1 aromatic carbocycles. The van der Waals surface area contributed by atoms with Gasteiger partial charge >= 0.3 is 0 Å². The van der Waals surface area contributed by atoms with Gasteiger partial charge in [0, 0.05) is 5.92 Å². The Labute approximate surface area is 121 Å². The Morgan fingerprint density at radius 3 is 2.65 bits per heavy atom. The Kier molecular flexibility index (Phi) is 3.31. The molecule has 3 nitrogen and oxygen atoms in total. The lowest BCUT2D eigenvalue weighted by Crippen LogP contribution is -2.37. The molecule has 0 aromatic heterocycles. The van der Waals surface area contributed by atoms with E-state index in [2.05, 4.69) is 31.1 Å². The highest BCUT2D eigenvalue weighted by Crippen LogP contribution is 2.53. The minimum Gasteiger partial charge on any atom is -0.497 e. The minimum atomic E-state index is 0.0381. The number of fused-ring (bicyclic) bond motifs is 1. The van der Waals surface area contributed by atoms with Gasteiger partial charge in [0.1, 0.15) is 5.75 Å². The Hall–Kier alpha value is -1.38. The second kappa shape index (κ2) is 4.87. The first-order chi connectivity index (χ1) is 9.56. The summed E-state index contributed by atoms with van der Waals surface area (Å²) in [5.74, 6) is 1.56. The van der Waals surface area contributed by atoms with E-state index in [1.165, 1.54) is 24.8 Å². The van der Waals surface area contributed by atoms with Crippen LogP contribution >= 0.6 is 0 Å². The smallest absolute Gasteiger partial charge is 0.118 e. The lowest BCUT2D eigenvalue weighted by Gasteiger charge is -2.30. The summed E-state index contributed by atoms with van der Waals surface area (Å²) in [6.07, 6.45) is 5.99. The molecule has 1 aromatic rings. The molecule has 0 amide bonds. The molecule has 0 spiro atoms. The number of aryl methyl sites for hydroxylation is 1. The van der Waals surface area contributed by atoms with Crippen molar-refractivity contribution in [1.82, 2.24) is 0 Å². The molecule has 0 N–H and O–H groups in total. The average Bonchev–Trinajstić information content (AvgIpc) is 2.98. The standard InChI is InChI=1S/C17H24N2O/c1-16(2)15-5-4-11-17(15,19-18-16)12-10-13-6-8-14(20-3)9-7-13/h6-9,15H,4-5,10-12H2,1-3H3/t15-,17+/m1/s1. The summed E-state index contributed by atoms with van der Waals surface area (Å²) in [6, 6.07) is 8.41. The van der Waals surface area contributed by atoms with Gasteiger partial charge in [-0.1, -0.05) is 18.6 Å². The number of azo groups is 1. The molecule has 1 saturated carbocycles. The minimum absolute atomic E-state index is 0.0381. The van der Waals surface area contributed by atoms with Gasteiger partial charge in [0.2, 0.25) is 0 Å². The summed E-state index contributed by atoms with van der Waals surface area (Å²) >= 11 is 0. The van der Waals surface area contributed by atoms with Crippen molar-refractivity contribution in [2.45, 2.75) is 57.0 Å². The molecule has 0 unspecified atom stereocenters. The zero-order valence-corrected chi connectivity index (χ0v) is 12.7. The van der Waals surface area contributed by atoms with E-state index < -0.39 is 0 Å². The van der Waals surface area contributed by atoms with Crippen molar-refractivity contribution >= 4 is 0 Å². The van der Waals surface area contributed by atoms with E-state index in [-0.39, 0.29) is 11.1 Å². The largest absolute Gasteiger partial charge is 0.497 e. The Morgan fingerprint density at radius 2 is 1.95 bits per heavy atom. The zero-order valence-electron chi connectivity index (χ0n) is 12.7. The van der Waals surface area contributed by atoms with E-state index >= 15 is 0 Å². The lowest BCUT2D eigenvalue weighted by atomic mass is 9.75. The molecule has 0 radical (unpaired) electrons. The third-order valence-corrected chi connectivity index (χ3v) is 5.12. The molecule has 3 rings (SSSR count). The highest BCUT2D eigenvalue weighted by Gasteiger charge is 2.54. The fraction of sp³-hybridized carbons (Fsp3) is 0.647. The van der Waals surface area contributed by atoms with Crippen LogP contribution in [0.1, 0.15) is 45.1 Å². The van der Waals surface area contributed by atoms with Gasteiger partial charge in [-0.15, -0.1) is 0 Å². The molecule has 1 aliphatic carbocycles. The van der Waals surface area contributed by atoms with Gasteiger partial charge in [-0.3, -0.25) is 0 Å². The third-order valence-electron chi connectivity index (χ3n) is 5.12. The predicted octanol–water partition coefficient (Wildman–Crippen LogP) is 4.41. The first-order valence-electron chi connectivity index (χ1n) is 7.63. The number of nitrogens with zero attached hydrogens (tertiary/aromatic N) is 2. The summed E-state index contributed by atoms with van der Waals surface area (Å²) in [4.78, 5) is 0. The summed E-state index contributed by atoms with van der Waals surface area (Å²) in [5, 5.41) is 9.30. The normalized spacial score (nSPS) is 30.4. The molecule has 108 valence electrons. The van der Waals surface area contributed by atoms with E-state index in [0.29, 0.717) is 5.92 Å². The molecular weight excluding hydrogens is 248 g/mol.